The van der Waals surface area contributed by atoms with E-state index in [1.807, 2.05) is 58.0 Å². The molecule has 2 saturated heterocycles. The van der Waals surface area contributed by atoms with Crippen LogP contribution >= 0.6 is 0 Å². The summed E-state index contributed by atoms with van der Waals surface area (Å²) >= 11 is 0. The molecule has 2 aliphatic heterocycles. The molecule has 0 amide bonds. The first-order valence-electron chi connectivity index (χ1n) is 8.81. The lowest BCUT2D eigenvalue weighted by Crippen LogP contribution is -2.62. The molecule has 1 aromatic carbocycles. The SMILES string of the molecule is CC1(C)O[C@@H]2C(O)[C@@H]3OC(C)(C)O[C@H]3C(OCc3ccccc3)[C@@H]2O1. The van der Waals surface area contributed by atoms with Gasteiger partial charge in [-0.3, -0.25) is 0 Å². The Bertz CT molecular complexity index is 584. The van der Waals surface area contributed by atoms with Crippen molar-refractivity contribution in [3.8, 4) is 0 Å². The van der Waals surface area contributed by atoms with E-state index in [0.717, 1.165) is 5.56 Å². The van der Waals surface area contributed by atoms with Crippen LogP contribution in [-0.4, -0.2) is 53.3 Å². The number of ether oxygens (including phenoxy) is 5. The fourth-order valence-corrected chi connectivity index (χ4v) is 4.00. The molecule has 6 atom stereocenters. The van der Waals surface area contributed by atoms with Gasteiger partial charge in [-0.2, -0.15) is 0 Å². The van der Waals surface area contributed by atoms with E-state index in [4.69, 9.17) is 23.7 Å². The molecule has 3 fully saturated rings. The molecule has 1 aromatic rings. The zero-order valence-corrected chi connectivity index (χ0v) is 15.0. The van der Waals surface area contributed by atoms with Gasteiger partial charge in [-0.15, -0.1) is 0 Å². The third-order valence-electron chi connectivity index (χ3n) is 4.93. The number of benzene rings is 1. The van der Waals surface area contributed by atoms with Crippen molar-refractivity contribution >= 4 is 0 Å². The number of hydrogen-bond acceptors (Lipinski definition) is 6. The maximum Gasteiger partial charge on any atom is 0.164 e. The topological polar surface area (TPSA) is 66.4 Å². The Balaban J connectivity index is 1.59. The van der Waals surface area contributed by atoms with Gasteiger partial charge in [0.2, 0.25) is 0 Å². The van der Waals surface area contributed by atoms with E-state index in [2.05, 4.69) is 0 Å². The highest BCUT2D eigenvalue weighted by Crippen LogP contribution is 2.45. The molecular formula is C19H26O6. The van der Waals surface area contributed by atoms with Crippen LogP contribution in [0.25, 0.3) is 0 Å². The number of aliphatic hydroxyl groups excluding tert-OH is 1. The molecule has 25 heavy (non-hydrogen) atoms. The van der Waals surface area contributed by atoms with Crippen LogP contribution in [0.15, 0.2) is 30.3 Å². The van der Waals surface area contributed by atoms with Crippen LogP contribution in [-0.2, 0) is 30.3 Å². The van der Waals surface area contributed by atoms with E-state index in [0.29, 0.717) is 6.61 Å². The molecule has 0 bridgehead atoms. The van der Waals surface area contributed by atoms with Gasteiger partial charge < -0.3 is 28.8 Å². The summed E-state index contributed by atoms with van der Waals surface area (Å²) in [6.45, 7) is 7.80. The normalized spacial score (nSPS) is 41.3. The summed E-state index contributed by atoms with van der Waals surface area (Å²) < 4.78 is 30.2. The lowest BCUT2D eigenvalue weighted by molar-refractivity contribution is -0.190. The van der Waals surface area contributed by atoms with Crippen LogP contribution in [0, 0.1) is 0 Å². The Morgan fingerprint density at radius 3 is 1.84 bits per heavy atom. The molecule has 3 aliphatic rings. The highest BCUT2D eigenvalue weighted by molar-refractivity contribution is 5.14. The monoisotopic (exact) mass is 350 g/mol. The Morgan fingerprint density at radius 2 is 1.32 bits per heavy atom. The average molecular weight is 350 g/mol. The Hall–Kier alpha value is -1.02. The minimum absolute atomic E-state index is 0.387. The van der Waals surface area contributed by atoms with Gasteiger partial charge in [0.1, 0.15) is 36.6 Å². The zero-order chi connectivity index (χ0) is 17.8. The van der Waals surface area contributed by atoms with Crippen molar-refractivity contribution in [3.63, 3.8) is 0 Å². The third kappa shape index (κ3) is 3.23. The fraction of sp³-hybridized carbons (Fsp3) is 0.684. The zero-order valence-electron chi connectivity index (χ0n) is 15.0. The van der Waals surface area contributed by atoms with E-state index < -0.39 is 42.1 Å². The molecule has 4 rings (SSSR count). The summed E-state index contributed by atoms with van der Waals surface area (Å²) in [5, 5.41) is 10.8. The minimum Gasteiger partial charge on any atom is -0.387 e. The lowest BCUT2D eigenvalue weighted by atomic mass is 9.85. The highest BCUT2D eigenvalue weighted by atomic mass is 16.8. The van der Waals surface area contributed by atoms with E-state index in [9.17, 15) is 5.11 Å². The molecule has 0 spiro atoms. The number of aliphatic hydroxyl groups is 1. The van der Waals surface area contributed by atoms with E-state index >= 15 is 0 Å². The van der Waals surface area contributed by atoms with E-state index in [1.165, 1.54) is 0 Å². The van der Waals surface area contributed by atoms with Crippen molar-refractivity contribution in [1.29, 1.82) is 0 Å². The predicted octanol–water partition coefficient (Wildman–Crippen LogP) is 1.99. The number of rotatable bonds is 3. The number of fused-ring (bicyclic) bond motifs is 2. The summed E-state index contributed by atoms with van der Waals surface area (Å²) in [7, 11) is 0. The van der Waals surface area contributed by atoms with Crippen LogP contribution in [0.5, 0.6) is 0 Å². The molecule has 138 valence electrons. The average Bonchev–Trinajstić information content (AvgIpc) is 3.04. The van der Waals surface area contributed by atoms with Crippen LogP contribution in [0.2, 0.25) is 0 Å². The van der Waals surface area contributed by atoms with Crippen molar-refractivity contribution in [1.82, 2.24) is 0 Å². The van der Waals surface area contributed by atoms with Gasteiger partial charge in [0.25, 0.3) is 0 Å². The summed E-state index contributed by atoms with van der Waals surface area (Å²) in [4.78, 5) is 0. The molecule has 1 aliphatic carbocycles. The molecule has 6 heteroatoms. The standard InChI is InChI=1S/C19H26O6/c1-18(2)22-13-12(20)14-17(25-19(3,4)23-14)15(16(13)24-18)21-10-11-8-6-5-7-9-11/h5-9,12-17,20H,10H2,1-4H3/t12?,13-,14+,15?,16-,17-/m1/s1. The summed E-state index contributed by atoms with van der Waals surface area (Å²) in [6.07, 6.45) is -3.04. The van der Waals surface area contributed by atoms with Crippen molar-refractivity contribution in [2.75, 3.05) is 0 Å². The van der Waals surface area contributed by atoms with Gasteiger partial charge in [-0.25, -0.2) is 0 Å². The molecule has 0 aromatic heterocycles. The van der Waals surface area contributed by atoms with Crippen molar-refractivity contribution in [2.45, 2.75) is 82.5 Å². The molecule has 0 radical (unpaired) electrons. The van der Waals surface area contributed by atoms with Crippen LogP contribution in [0.1, 0.15) is 33.3 Å². The largest absolute Gasteiger partial charge is 0.387 e. The maximum absolute atomic E-state index is 10.8. The second-order valence-corrected chi connectivity index (χ2v) is 7.88. The second-order valence-electron chi connectivity index (χ2n) is 7.88. The van der Waals surface area contributed by atoms with Crippen molar-refractivity contribution in [2.24, 2.45) is 0 Å². The van der Waals surface area contributed by atoms with Crippen LogP contribution < -0.4 is 0 Å². The lowest BCUT2D eigenvalue weighted by Gasteiger charge is -2.40. The fourth-order valence-electron chi connectivity index (χ4n) is 4.00. The van der Waals surface area contributed by atoms with Gasteiger partial charge in [0, 0.05) is 0 Å². The Kier molecular flexibility index (Phi) is 4.18. The first-order valence-corrected chi connectivity index (χ1v) is 8.81. The highest BCUT2D eigenvalue weighted by Gasteiger charge is 2.63. The predicted molar refractivity (Wildman–Crippen MR) is 88.7 cm³/mol. The summed E-state index contributed by atoms with van der Waals surface area (Å²) in [6, 6.07) is 9.95. The maximum atomic E-state index is 10.8. The van der Waals surface area contributed by atoms with E-state index in [1.54, 1.807) is 0 Å². The quantitative estimate of drug-likeness (QED) is 0.899. The second kappa shape index (κ2) is 6.01. The molecule has 2 heterocycles. The molecule has 2 unspecified atom stereocenters. The molecule has 6 nitrogen and oxygen atoms in total. The number of hydrogen-bond donors (Lipinski definition) is 1. The van der Waals surface area contributed by atoms with E-state index in [-0.39, 0.29) is 6.10 Å². The molecule has 1 saturated carbocycles. The van der Waals surface area contributed by atoms with Gasteiger partial charge in [-0.05, 0) is 33.3 Å². The first kappa shape index (κ1) is 17.4. The minimum atomic E-state index is -0.824. The summed E-state index contributed by atoms with van der Waals surface area (Å²) in [5.41, 5.74) is 1.07. The smallest absolute Gasteiger partial charge is 0.164 e. The first-order chi connectivity index (χ1) is 11.8. The Morgan fingerprint density at radius 1 is 0.840 bits per heavy atom. The van der Waals surface area contributed by atoms with Gasteiger partial charge >= 0.3 is 0 Å². The van der Waals surface area contributed by atoms with Gasteiger partial charge in [0.15, 0.2) is 11.6 Å². The third-order valence-corrected chi connectivity index (χ3v) is 4.93. The van der Waals surface area contributed by atoms with Crippen molar-refractivity contribution in [3.05, 3.63) is 35.9 Å². The Labute approximate surface area is 148 Å². The van der Waals surface area contributed by atoms with Gasteiger partial charge in [-0.1, -0.05) is 30.3 Å². The molecule has 1 N–H and O–H groups in total. The van der Waals surface area contributed by atoms with Crippen LogP contribution in [0.4, 0.5) is 0 Å². The molecular weight excluding hydrogens is 324 g/mol. The van der Waals surface area contributed by atoms with Crippen LogP contribution in [0.3, 0.4) is 0 Å². The van der Waals surface area contributed by atoms with Crippen molar-refractivity contribution < 1.29 is 28.8 Å². The summed E-state index contributed by atoms with van der Waals surface area (Å²) in [5.74, 6) is -1.56. The van der Waals surface area contributed by atoms with Gasteiger partial charge in [0.05, 0.1) is 6.61 Å².